The molecule has 6 aromatic carbocycles. The molecule has 6 heteroatoms. The molecule has 0 bridgehead atoms. The summed E-state index contributed by atoms with van der Waals surface area (Å²) >= 11 is 0.133. The Kier molecular flexibility index (Phi) is 5.76. The third-order valence-electron chi connectivity index (χ3n) is 7.95. The second-order valence-electron chi connectivity index (χ2n) is 10.7. The third-order valence-corrected chi connectivity index (χ3v) is 10.4. The SMILES string of the molecule is c1ccc(-c2nc(-c3ccc4c(ccc5nc(-c6ccccc6)[se]c54)c3)nc(-c3ccc4oc5ccccc5c4c3)n2)cc1. The van der Waals surface area contributed by atoms with Crippen LogP contribution in [0.1, 0.15) is 0 Å². The summed E-state index contributed by atoms with van der Waals surface area (Å²) in [5.41, 5.74) is 6.78. The first-order valence-electron chi connectivity index (χ1n) is 14.4. The van der Waals surface area contributed by atoms with Gasteiger partial charge in [-0.25, -0.2) is 0 Å². The number of aromatic nitrogens is 4. The van der Waals surface area contributed by atoms with Crippen LogP contribution in [0.4, 0.5) is 0 Å². The molecule has 0 spiro atoms. The molecule has 0 radical (unpaired) electrons. The van der Waals surface area contributed by atoms with Crippen LogP contribution in [0, 0.1) is 0 Å². The molecule has 0 aliphatic heterocycles. The van der Waals surface area contributed by atoms with Crippen molar-refractivity contribution in [1.29, 1.82) is 0 Å². The van der Waals surface area contributed by atoms with E-state index in [9.17, 15) is 0 Å². The number of fused-ring (bicyclic) bond motifs is 6. The Labute approximate surface area is 258 Å². The zero-order valence-electron chi connectivity index (χ0n) is 23.3. The fraction of sp³-hybridized carbons (Fsp3) is 0. The molecule has 3 heterocycles. The molecule has 9 rings (SSSR count). The minimum absolute atomic E-state index is 0.133. The minimum atomic E-state index is 0.133. The molecule has 3 aromatic heterocycles. The van der Waals surface area contributed by atoms with Crippen molar-refractivity contribution in [2.45, 2.75) is 0 Å². The Balaban J connectivity index is 1.20. The summed E-state index contributed by atoms with van der Waals surface area (Å²) in [5.74, 6) is 1.90. The van der Waals surface area contributed by atoms with Gasteiger partial charge in [0.2, 0.25) is 0 Å². The number of rotatable bonds is 4. The van der Waals surface area contributed by atoms with Gasteiger partial charge >= 0.3 is 225 Å². The van der Waals surface area contributed by atoms with Gasteiger partial charge in [-0.2, -0.15) is 0 Å². The molecule has 0 aliphatic carbocycles. The third kappa shape index (κ3) is 4.23. The number of benzene rings is 6. The molecule has 5 nitrogen and oxygen atoms in total. The number of furan rings is 1. The maximum atomic E-state index is 6.07. The van der Waals surface area contributed by atoms with E-state index in [1.807, 2.05) is 66.7 Å². The van der Waals surface area contributed by atoms with E-state index >= 15 is 0 Å². The van der Waals surface area contributed by atoms with Crippen molar-refractivity contribution in [1.82, 2.24) is 19.9 Å². The Morgan fingerprint density at radius 2 is 1.07 bits per heavy atom. The van der Waals surface area contributed by atoms with Crippen molar-refractivity contribution < 1.29 is 4.42 Å². The fourth-order valence-electron chi connectivity index (χ4n) is 5.77. The average molecular weight is 630 g/mol. The van der Waals surface area contributed by atoms with E-state index in [0.717, 1.165) is 49.5 Å². The van der Waals surface area contributed by atoms with E-state index in [4.69, 9.17) is 24.4 Å². The summed E-state index contributed by atoms with van der Waals surface area (Å²) < 4.78 is 8.56. The second-order valence-corrected chi connectivity index (χ2v) is 12.8. The molecule has 0 saturated carbocycles. The van der Waals surface area contributed by atoms with Crippen LogP contribution in [0.15, 0.2) is 138 Å². The van der Waals surface area contributed by atoms with Gasteiger partial charge in [0.05, 0.1) is 0 Å². The summed E-state index contributed by atoms with van der Waals surface area (Å²) in [6.45, 7) is 0. The molecule has 0 saturated heterocycles. The zero-order valence-corrected chi connectivity index (χ0v) is 25.0. The zero-order chi connectivity index (χ0) is 29.0. The molecular formula is C38H22N4OSe. The predicted octanol–water partition coefficient (Wildman–Crippen LogP) is 9.20. The fourth-order valence-corrected chi connectivity index (χ4v) is 8.09. The van der Waals surface area contributed by atoms with Gasteiger partial charge < -0.3 is 4.42 Å². The summed E-state index contributed by atoms with van der Waals surface area (Å²) in [5, 5.41) is 4.50. The molecule has 0 unspecified atom stereocenters. The van der Waals surface area contributed by atoms with Gasteiger partial charge in [-0.3, -0.25) is 0 Å². The van der Waals surface area contributed by atoms with Gasteiger partial charge in [0.15, 0.2) is 0 Å². The van der Waals surface area contributed by atoms with Gasteiger partial charge in [-0.05, 0) is 6.07 Å². The van der Waals surface area contributed by atoms with Crippen LogP contribution in [0.25, 0.3) is 86.8 Å². The number of hydrogen-bond donors (Lipinski definition) is 0. The van der Waals surface area contributed by atoms with Crippen molar-refractivity contribution in [3.8, 4) is 44.3 Å². The number of nitrogens with zero attached hydrogens (tertiary/aromatic N) is 4. The molecule has 0 fully saturated rings. The molecule has 0 atom stereocenters. The first-order chi connectivity index (χ1) is 21.8. The molecule has 0 aliphatic rings. The van der Waals surface area contributed by atoms with Crippen LogP contribution in [0.5, 0.6) is 0 Å². The molecule has 44 heavy (non-hydrogen) atoms. The van der Waals surface area contributed by atoms with E-state index in [0.29, 0.717) is 17.5 Å². The molecule has 0 amide bonds. The van der Waals surface area contributed by atoms with Gasteiger partial charge in [-0.1, -0.05) is 18.2 Å². The first-order valence-corrected chi connectivity index (χ1v) is 16.1. The van der Waals surface area contributed by atoms with Crippen molar-refractivity contribution >= 4 is 57.0 Å². The van der Waals surface area contributed by atoms with Crippen LogP contribution in [-0.2, 0) is 0 Å². The van der Waals surface area contributed by atoms with E-state index < -0.39 is 0 Å². The van der Waals surface area contributed by atoms with Crippen molar-refractivity contribution in [2.75, 3.05) is 0 Å². The van der Waals surface area contributed by atoms with Crippen molar-refractivity contribution in [3.05, 3.63) is 133 Å². The standard InChI is InChI=1S/C38H22N4OSe/c1-3-9-23(10-4-1)35-40-36(42-37(41-35)27-17-20-33-30(22-27)29-13-7-8-14-32(29)43-33)26-15-18-28-25(21-26)16-19-31-34(28)44-38(39-31)24-11-5-2-6-12-24/h1-22H. The average Bonchev–Trinajstić information content (AvgIpc) is 3.70. The van der Waals surface area contributed by atoms with Gasteiger partial charge in [0.1, 0.15) is 5.58 Å². The topological polar surface area (TPSA) is 64.7 Å². The molecule has 206 valence electrons. The first kappa shape index (κ1) is 25.1. The van der Waals surface area contributed by atoms with Crippen LogP contribution >= 0.6 is 0 Å². The summed E-state index contributed by atoms with van der Waals surface area (Å²) in [4.78, 5) is 19.9. The van der Waals surface area contributed by atoms with E-state index in [2.05, 4.69) is 66.7 Å². The molecular weight excluding hydrogens is 607 g/mol. The van der Waals surface area contributed by atoms with Gasteiger partial charge in [-0.15, -0.1) is 0 Å². The molecule has 9 aromatic rings. The summed E-state index contributed by atoms with van der Waals surface area (Å²) in [6, 6.07) is 45.6. The van der Waals surface area contributed by atoms with E-state index in [-0.39, 0.29) is 14.5 Å². The normalized spacial score (nSPS) is 11.6. The van der Waals surface area contributed by atoms with E-state index in [1.165, 1.54) is 19.8 Å². The Morgan fingerprint density at radius 3 is 1.86 bits per heavy atom. The van der Waals surface area contributed by atoms with Crippen molar-refractivity contribution in [2.24, 2.45) is 0 Å². The summed E-state index contributed by atoms with van der Waals surface area (Å²) in [7, 11) is 0. The van der Waals surface area contributed by atoms with Gasteiger partial charge in [0, 0.05) is 0 Å². The number of para-hydroxylation sites is 1. The Bertz CT molecular complexity index is 2500. The van der Waals surface area contributed by atoms with E-state index in [1.54, 1.807) is 0 Å². The predicted molar refractivity (Wildman–Crippen MR) is 179 cm³/mol. The Morgan fingerprint density at radius 1 is 0.432 bits per heavy atom. The Hall–Kier alpha value is -5.42. The van der Waals surface area contributed by atoms with Crippen molar-refractivity contribution in [3.63, 3.8) is 0 Å². The maximum absolute atomic E-state index is 6.07. The van der Waals surface area contributed by atoms with Crippen LogP contribution in [0.2, 0.25) is 0 Å². The van der Waals surface area contributed by atoms with Crippen LogP contribution in [0.3, 0.4) is 0 Å². The molecule has 0 N–H and O–H groups in total. The second kappa shape index (κ2) is 10.1. The quantitative estimate of drug-likeness (QED) is 0.182. The monoisotopic (exact) mass is 630 g/mol. The van der Waals surface area contributed by atoms with Crippen LogP contribution in [-0.4, -0.2) is 34.4 Å². The summed E-state index contributed by atoms with van der Waals surface area (Å²) in [6.07, 6.45) is 0. The van der Waals surface area contributed by atoms with Crippen LogP contribution < -0.4 is 0 Å². The number of hydrogen-bond acceptors (Lipinski definition) is 5. The van der Waals surface area contributed by atoms with Gasteiger partial charge in [0.25, 0.3) is 0 Å².